The minimum absolute atomic E-state index is 0.267. The standard InChI is InChI=1S/C15H19N3O4S/c1-3-4-12-17(15-10-7-11-16(15)2)23(21,22)14-9-6-5-8-13(14)18(19)20/h5-11H,3-4,12H2,1-2H3. The number of sulfonamides is 1. The highest BCUT2D eigenvalue weighted by Crippen LogP contribution is 2.30. The topological polar surface area (TPSA) is 85.5 Å². The van der Waals surface area contributed by atoms with Crippen molar-refractivity contribution in [2.75, 3.05) is 10.8 Å². The van der Waals surface area contributed by atoms with Gasteiger partial charge in [0.1, 0.15) is 5.82 Å². The van der Waals surface area contributed by atoms with E-state index in [-0.39, 0.29) is 11.4 Å². The molecule has 1 heterocycles. The summed E-state index contributed by atoms with van der Waals surface area (Å²) >= 11 is 0. The minimum atomic E-state index is -4.02. The van der Waals surface area contributed by atoms with E-state index >= 15 is 0 Å². The van der Waals surface area contributed by atoms with Crippen LogP contribution in [0, 0.1) is 10.1 Å². The number of anilines is 1. The van der Waals surface area contributed by atoms with Gasteiger partial charge in [0, 0.05) is 25.9 Å². The zero-order valence-corrected chi connectivity index (χ0v) is 13.9. The predicted octanol–water partition coefficient (Wildman–Crippen LogP) is 2.93. The van der Waals surface area contributed by atoms with E-state index in [1.165, 1.54) is 28.6 Å². The zero-order valence-electron chi connectivity index (χ0n) is 13.0. The molecule has 124 valence electrons. The molecule has 2 rings (SSSR count). The van der Waals surface area contributed by atoms with E-state index in [2.05, 4.69) is 0 Å². The summed E-state index contributed by atoms with van der Waals surface area (Å²) in [5, 5.41) is 11.2. The third kappa shape index (κ3) is 3.37. The van der Waals surface area contributed by atoms with Crippen LogP contribution in [0.1, 0.15) is 19.8 Å². The van der Waals surface area contributed by atoms with Crippen LogP contribution >= 0.6 is 0 Å². The quantitative estimate of drug-likeness (QED) is 0.574. The number of hydrogen-bond acceptors (Lipinski definition) is 4. The molecular formula is C15H19N3O4S. The molecule has 0 aliphatic rings. The average Bonchev–Trinajstić information content (AvgIpc) is 2.93. The average molecular weight is 337 g/mol. The molecule has 0 N–H and O–H groups in total. The fourth-order valence-electron chi connectivity index (χ4n) is 2.32. The van der Waals surface area contributed by atoms with Crippen molar-refractivity contribution < 1.29 is 13.3 Å². The Kier molecular flexibility index (Phi) is 5.05. The van der Waals surface area contributed by atoms with Crippen LogP contribution in [0.15, 0.2) is 47.5 Å². The van der Waals surface area contributed by atoms with Gasteiger partial charge in [-0.3, -0.25) is 14.4 Å². The maximum absolute atomic E-state index is 13.0. The summed E-state index contributed by atoms with van der Waals surface area (Å²) in [5.74, 6) is 0.483. The zero-order chi connectivity index (χ0) is 17.0. The predicted molar refractivity (Wildman–Crippen MR) is 87.9 cm³/mol. The van der Waals surface area contributed by atoms with Gasteiger partial charge in [0.15, 0.2) is 4.90 Å². The second kappa shape index (κ2) is 6.82. The van der Waals surface area contributed by atoms with Gasteiger partial charge in [-0.1, -0.05) is 25.5 Å². The highest BCUT2D eigenvalue weighted by Gasteiger charge is 2.32. The minimum Gasteiger partial charge on any atom is -0.337 e. The summed E-state index contributed by atoms with van der Waals surface area (Å²) in [5.41, 5.74) is -0.414. The van der Waals surface area contributed by atoms with Crippen LogP contribution in [-0.4, -0.2) is 24.5 Å². The maximum atomic E-state index is 13.0. The molecule has 23 heavy (non-hydrogen) atoms. The Morgan fingerprint density at radius 3 is 2.48 bits per heavy atom. The molecule has 0 aliphatic carbocycles. The van der Waals surface area contributed by atoms with Gasteiger partial charge in [-0.05, 0) is 24.6 Å². The molecule has 0 unspecified atom stereocenters. The highest BCUT2D eigenvalue weighted by atomic mass is 32.2. The van der Waals surface area contributed by atoms with E-state index in [0.717, 1.165) is 6.42 Å². The number of aromatic nitrogens is 1. The summed E-state index contributed by atoms with van der Waals surface area (Å²) in [6, 6.07) is 8.84. The third-order valence-electron chi connectivity index (χ3n) is 3.52. The molecule has 0 saturated carbocycles. The molecular weight excluding hydrogens is 318 g/mol. The second-order valence-corrected chi connectivity index (χ2v) is 6.96. The number of nitro groups is 1. The smallest absolute Gasteiger partial charge is 0.289 e. The summed E-state index contributed by atoms with van der Waals surface area (Å²) in [4.78, 5) is 10.2. The number of para-hydroxylation sites is 1. The lowest BCUT2D eigenvalue weighted by Crippen LogP contribution is -2.33. The lowest BCUT2D eigenvalue weighted by molar-refractivity contribution is -0.387. The van der Waals surface area contributed by atoms with Crippen molar-refractivity contribution in [1.29, 1.82) is 0 Å². The van der Waals surface area contributed by atoms with Crippen molar-refractivity contribution in [3.63, 3.8) is 0 Å². The Labute approximate surface area is 135 Å². The fourth-order valence-corrected chi connectivity index (χ4v) is 4.02. The number of nitrogens with zero attached hydrogens (tertiary/aromatic N) is 3. The monoisotopic (exact) mass is 337 g/mol. The van der Waals surface area contributed by atoms with Crippen molar-refractivity contribution in [3.05, 3.63) is 52.7 Å². The van der Waals surface area contributed by atoms with Gasteiger partial charge in [-0.2, -0.15) is 0 Å². The number of rotatable bonds is 7. The first-order valence-corrected chi connectivity index (χ1v) is 8.71. The van der Waals surface area contributed by atoms with E-state index in [0.29, 0.717) is 12.2 Å². The SMILES string of the molecule is CCCCN(c1cccn1C)S(=O)(=O)c1ccccc1[N+](=O)[O-]. The first-order chi connectivity index (χ1) is 10.9. The normalized spacial score (nSPS) is 11.4. The Hall–Kier alpha value is -2.35. The van der Waals surface area contributed by atoms with E-state index in [9.17, 15) is 18.5 Å². The van der Waals surface area contributed by atoms with E-state index in [1.807, 2.05) is 6.92 Å². The molecule has 0 radical (unpaired) electrons. The lowest BCUT2D eigenvalue weighted by Gasteiger charge is -2.24. The van der Waals surface area contributed by atoms with Crippen LogP contribution in [0.4, 0.5) is 11.5 Å². The van der Waals surface area contributed by atoms with Crippen LogP contribution in [0.5, 0.6) is 0 Å². The molecule has 0 bridgehead atoms. The van der Waals surface area contributed by atoms with E-state index < -0.39 is 20.6 Å². The van der Waals surface area contributed by atoms with Gasteiger partial charge >= 0.3 is 0 Å². The summed E-state index contributed by atoms with van der Waals surface area (Å²) < 4.78 is 29.0. The largest absolute Gasteiger partial charge is 0.337 e. The van der Waals surface area contributed by atoms with E-state index in [1.54, 1.807) is 29.9 Å². The Balaban J connectivity index is 2.58. The summed E-state index contributed by atoms with van der Waals surface area (Å²) in [6.45, 7) is 2.23. The first-order valence-electron chi connectivity index (χ1n) is 7.27. The van der Waals surface area contributed by atoms with Crippen LogP contribution in [0.25, 0.3) is 0 Å². The van der Waals surface area contributed by atoms with Crippen molar-refractivity contribution in [2.45, 2.75) is 24.7 Å². The van der Waals surface area contributed by atoms with Gasteiger partial charge in [0.05, 0.1) is 4.92 Å². The maximum Gasteiger partial charge on any atom is 0.289 e. The van der Waals surface area contributed by atoms with Crippen LogP contribution in [0.2, 0.25) is 0 Å². The molecule has 1 aromatic heterocycles. The molecule has 0 amide bonds. The van der Waals surface area contributed by atoms with Gasteiger partial charge < -0.3 is 4.57 Å². The molecule has 0 fully saturated rings. The summed E-state index contributed by atoms with van der Waals surface area (Å²) in [6.07, 6.45) is 3.21. The van der Waals surface area contributed by atoms with Crippen molar-refractivity contribution in [3.8, 4) is 0 Å². The van der Waals surface area contributed by atoms with Gasteiger partial charge in [0.25, 0.3) is 15.7 Å². The fraction of sp³-hybridized carbons (Fsp3) is 0.333. The summed E-state index contributed by atoms with van der Waals surface area (Å²) in [7, 11) is -2.28. The van der Waals surface area contributed by atoms with E-state index in [4.69, 9.17) is 0 Å². The second-order valence-electron chi connectivity index (χ2n) is 5.13. The Morgan fingerprint density at radius 2 is 1.91 bits per heavy atom. The number of hydrogen-bond donors (Lipinski definition) is 0. The molecule has 1 aromatic carbocycles. The molecule has 8 heteroatoms. The van der Waals surface area contributed by atoms with Crippen molar-refractivity contribution in [1.82, 2.24) is 4.57 Å². The molecule has 0 atom stereocenters. The molecule has 7 nitrogen and oxygen atoms in total. The van der Waals surface area contributed by atoms with Gasteiger partial charge in [-0.15, -0.1) is 0 Å². The van der Waals surface area contributed by atoms with Crippen molar-refractivity contribution >= 4 is 21.5 Å². The molecule has 0 spiro atoms. The lowest BCUT2D eigenvalue weighted by atomic mass is 10.3. The third-order valence-corrected chi connectivity index (χ3v) is 5.37. The van der Waals surface area contributed by atoms with Crippen LogP contribution in [0.3, 0.4) is 0 Å². The number of nitro benzene ring substituents is 1. The van der Waals surface area contributed by atoms with Gasteiger partial charge in [0.2, 0.25) is 0 Å². The van der Waals surface area contributed by atoms with Crippen molar-refractivity contribution in [2.24, 2.45) is 7.05 Å². The number of aryl methyl sites for hydroxylation is 1. The highest BCUT2D eigenvalue weighted by molar-refractivity contribution is 7.93. The number of unbranched alkanes of at least 4 members (excludes halogenated alkanes) is 1. The van der Waals surface area contributed by atoms with Crippen LogP contribution < -0.4 is 4.31 Å². The Bertz CT molecular complexity index is 799. The Morgan fingerprint density at radius 1 is 1.22 bits per heavy atom. The number of benzene rings is 1. The first kappa shape index (κ1) is 17.0. The molecule has 0 aliphatic heterocycles. The molecule has 0 saturated heterocycles. The molecule has 2 aromatic rings. The van der Waals surface area contributed by atoms with Crippen LogP contribution in [-0.2, 0) is 17.1 Å². The van der Waals surface area contributed by atoms with Gasteiger partial charge in [-0.25, -0.2) is 8.42 Å².